The summed E-state index contributed by atoms with van der Waals surface area (Å²) in [5.41, 5.74) is 0.892. The van der Waals surface area contributed by atoms with Crippen molar-refractivity contribution in [1.82, 2.24) is 10.6 Å². The van der Waals surface area contributed by atoms with Crippen molar-refractivity contribution in [3.8, 4) is 0 Å². The molecule has 2 amide bonds. The molecule has 0 saturated heterocycles. The van der Waals surface area contributed by atoms with Crippen LogP contribution in [0.25, 0.3) is 0 Å². The first-order valence-electron chi connectivity index (χ1n) is 4.41. The summed E-state index contributed by atoms with van der Waals surface area (Å²) in [5, 5.41) is 13.3. The fourth-order valence-corrected chi connectivity index (χ4v) is 0.640. The van der Waals surface area contributed by atoms with Crippen molar-refractivity contribution in [3.63, 3.8) is 0 Å². The Hall–Kier alpha value is -1.52. The number of carbonyl (C=O) groups is 2. The highest BCUT2D eigenvalue weighted by atomic mass is 16.4. The summed E-state index contributed by atoms with van der Waals surface area (Å²) in [6.07, 6.45) is 0.786. The van der Waals surface area contributed by atoms with Crippen molar-refractivity contribution in [2.75, 3.05) is 6.54 Å². The van der Waals surface area contributed by atoms with Gasteiger partial charge in [-0.05, 0) is 13.3 Å². The van der Waals surface area contributed by atoms with Crippen LogP contribution in [0, 0.1) is 0 Å². The zero-order valence-electron chi connectivity index (χ0n) is 8.46. The second-order valence-electron chi connectivity index (χ2n) is 2.99. The molecule has 0 spiro atoms. The molecule has 0 aliphatic rings. The summed E-state index contributed by atoms with van der Waals surface area (Å²) < 4.78 is 0. The highest BCUT2D eigenvalue weighted by Gasteiger charge is 2.12. The molecular weight excluding hydrogens is 184 g/mol. The summed E-state index contributed by atoms with van der Waals surface area (Å²) in [4.78, 5) is 21.4. The van der Waals surface area contributed by atoms with Crippen LogP contribution in [-0.4, -0.2) is 29.7 Å². The van der Waals surface area contributed by atoms with Gasteiger partial charge in [-0.1, -0.05) is 19.1 Å². The van der Waals surface area contributed by atoms with Gasteiger partial charge in [-0.2, -0.15) is 0 Å². The van der Waals surface area contributed by atoms with E-state index in [9.17, 15) is 9.59 Å². The smallest absolute Gasteiger partial charge is 0.325 e. The number of carbonyl (C=O) groups excluding carboxylic acids is 1. The molecule has 14 heavy (non-hydrogen) atoms. The predicted molar refractivity (Wildman–Crippen MR) is 53.1 cm³/mol. The van der Waals surface area contributed by atoms with Crippen LogP contribution in [0.3, 0.4) is 0 Å². The van der Waals surface area contributed by atoms with Gasteiger partial charge in [0.05, 0.1) is 0 Å². The number of hydrogen-bond acceptors (Lipinski definition) is 2. The molecule has 1 unspecified atom stereocenters. The fraction of sp³-hybridized carbons (Fsp3) is 0.556. The summed E-state index contributed by atoms with van der Waals surface area (Å²) in [6.45, 7) is 7.40. The molecule has 0 bridgehead atoms. The van der Waals surface area contributed by atoms with E-state index < -0.39 is 18.0 Å². The number of hydrogen-bond donors (Lipinski definition) is 3. The Morgan fingerprint density at radius 3 is 2.50 bits per heavy atom. The van der Waals surface area contributed by atoms with Crippen LogP contribution < -0.4 is 10.6 Å². The van der Waals surface area contributed by atoms with E-state index in [1.54, 1.807) is 0 Å². The third-order valence-corrected chi connectivity index (χ3v) is 1.72. The van der Waals surface area contributed by atoms with E-state index in [0.29, 0.717) is 6.54 Å². The van der Waals surface area contributed by atoms with Gasteiger partial charge in [0.2, 0.25) is 0 Å². The van der Waals surface area contributed by atoms with Crippen LogP contribution in [0.2, 0.25) is 0 Å². The third-order valence-electron chi connectivity index (χ3n) is 1.72. The molecule has 0 fully saturated rings. The maximum Gasteiger partial charge on any atom is 0.325 e. The Bertz CT molecular complexity index is 238. The third kappa shape index (κ3) is 5.18. The second-order valence-corrected chi connectivity index (χ2v) is 2.99. The highest BCUT2D eigenvalue weighted by molar-refractivity contribution is 5.82. The zero-order chi connectivity index (χ0) is 11.1. The molecule has 80 valence electrons. The topological polar surface area (TPSA) is 78.4 Å². The molecule has 0 aromatic carbocycles. The Morgan fingerprint density at radius 2 is 2.07 bits per heavy atom. The maximum absolute atomic E-state index is 11.1. The molecule has 0 aromatic heterocycles. The first-order valence-corrected chi connectivity index (χ1v) is 4.41. The van der Waals surface area contributed by atoms with Gasteiger partial charge in [0.15, 0.2) is 0 Å². The number of carboxylic acid groups (broad SMARTS) is 1. The van der Waals surface area contributed by atoms with E-state index in [0.717, 1.165) is 12.0 Å². The zero-order valence-corrected chi connectivity index (χ0v) is 8.46. The fourth-order valence-electron chi connectivity index (χ4n) is 0.640. The van der Waals surface area contributed by atoms with Gasteiger partial charge in [0.25, 0.3) is 0 Å². The van der Waals surface area contributed by atoms with Gasteiger partial charge in [0.1, 0.15) is 6.04 Å². The number of rotatable bonds is 5. The Labute approximate surface area is 83.2 Å². The van der Waals surface area contributed by atoms with E-state index in [1.165, 1.54) is 6.92 Å². The van der Waals surface area contributed by atoms with Crippen LogP contribution in [-0.2, 0) is 4.79 Å². The van der Waals surface area contributed by atoms with Gasteiger partial charge < -0.3 is 15.7 Å². The van der Waals surface area contributed by atoms with Gasteiger partial charge in [-0.25, -0.2) is 4.79 Å². The molecule has 1 atom stereocenters. The van der Waals surface area contributed by atoms with E-state index in [4.69, 9.17) is 5.11 Å². The molecule has 5 nitrogen and oxygen atoms in total. The van der Waals surface area contributed by atoms with E-state index >= 15 is 0 Å². The monoisotopic (exact) mass is 200 g/mol. The first-order chi connectivity index (χ1) is 6.47. The molecule has 0 saturated carbocycles. The minimum absolute atomic E-state index is 0.370. The van der Waals surface area contributed by atoms with Crippen molar-refractivity contribution >= 4 is 12.0 Å². The number of carboxylic acids is 1. The number of nitrogens with one attached hydrogen (secondary N) is 2. The lowest BCUT2D eigenvalue weighted by Gasteiger charge is -2.10. The van der Waals surface area contributed by atoms with Crippen LogP contribution in [0.1, 0.15) is 20.3 Å². The average molecular weight is 200 g/mol. The molecule has 0 heterocycles. The summed E-state index contributed by atoms with van der Waals surface area (Å²) in [5.74, 6) is -1.06. The molecule has 0 aliphatic carbocycles. The quantitative estimate of drug-likeness (QED) is 0.572. The minimum atomic E-state index is -1.06. The van der Waals surface area contributed by atoms with Gasteiger partial charge >= 0.3 is 12.0 Å². The van der Waals surface area contributed by atoms with E-state index in [-0.39, 0.29) is 0 Å². The summed E-state index contributed by atoms with van der Waals surface area (Å²) in [7, 11) is 0. The maximum atomic E-state index is 11.1. The van der Waals surface area contributed by atoms with E-state index in [1.807, 2.05) is 6.92 Å². The molecule has 0 radical (unpaired) electrons. The van der Waals surface area contributed by atoms with Crippen molar-refractivity contribution in [2.24, 2.45) is 0 Å². The van der Waals surface area contributed by atoms with Crippen molar-refractivity contribution < 1.29 is 14.7 Å². The van der Waals surface area contributed by atoms with Gasteiger partial charge in [-0.15, -0.1) is 0 Å². The normalized spacial score (nSPS) is 11.6. The van der Waals surface area contributed by atoms with Crippen molar-refractivity contribution in [1.29, 1.82) is 0 Å². The highest BCUT2D eigenvalue weighted by Crippen LogP contribution is 1.92. The van der Waals surface area contributed by atoms with Crippen LogP contribution in [0.15, 0.2) is 12.2 Å². The summed E-state index contributed by atoms with van der Waals surface area (Å²) >= 11 is 0. The van der Waals surface area contributed by atoms with Crippen LogP contribution in [0.4, 0.5) is 4.79 Å². The lowest BCUT2D eigenvalue weighted by molar-refractivity contribution is -0.138. The summed E-state index contributed by atoms with van der Waals surface area (Å²) in [6, 6.07) is -1.38. The van der Waals surface area contributed by atoms with Gasteiger partial charge in [-0.3, -0.25) is 4.79 Å². The van der Waals surface area contributed by atoms with E-state index in [2.05, 4.69) is 17.2 Å². The lowest BCUT2D eigenvalue weighted by Crippen LogP contribution is -2.44. The molecule has 0 aliphatic heterocycles. The van der Waals surface area contributed by atoms with Crippen molar-refractivity contribution in [3.05, 3.63) is 12.2 Å². The van der Waals surface area contributed by atoms with Gasteiger partial charge in [0, 0.05) is 6.54 Å². The molecular formula is C9H16N2O3. The molecule has 0 rings (SSSR count). The lowest BCUT2D eigenvalue weighted by atomic mass is 10.2. The standard InChI is InChI=1S/C9H16N2O3/c1-4-6(2)5-10-9(14)11-7(3)8(12)13/h7H,2,4-5H2,1,3H3,(H,12,13)(H2,10,11,14). The SMILES string of the molecule is C=C(CC)CNC(=O)NC(C)C(=O)O. The number of urea groups is 1. The predicted octanol–water partition coefficient (Wildman–Crippen LogP) is 0.725. The second kappa shape index (κ2) is 6.01. The minimum Gasteiger partial charge on any atom is -0.480 e. The number of aliphatic carboxylic acids is 1. The average Bonchev–Trinajstić information content (AvgIpc) is 2.13. The van der Waals surface area contributed by atoms with Crippen molar-refractivity contribution in [2.45, 2.75) is 26.3 Å². The Kier molecular flexibility index (Phi) is 5.36. The Morgan fingerprint density at radius 1 is 1.50 bits per heavy atom. The Balaban J connectivity index is 3.76. The molecule has 0 aromatic rings. The first kappa shape index (κ1) is 12.5. The number of amides is 2. The van der Waals surface area contributed by atoms with Crippen LogP contribution >= 0.6 is 0 Å². The molecule has 5 heteroatoms. The largest absolute Gasteiger partial charge is 0.480 e. The van der Waals surface area contributed by atoms with Crippen LogP contribution in [0.5, 0.6) is 0 Å². The molecule has 3 N–H and O–H groups in total.